The van der Waals surface area contributed by atoms with Crippen molar-refractivity contribution in [1.29, 1.82) is 0 Å². The van der Waals surface area contributed by atoms with E-state index in [2.05, 4.69) is 10.6 Å². The van der Waals surface area contributed by atoms with E-state index >= 15 is 0 Å². The van der Waals surface area contributed by atoms with Crippen molar-refractivity contribution in [2.45, 2.75) is 38.6 Å². The zero-order chi connectivity index (χ0) is 19.2. The first-order chi connectivity index (χ1) is 13.0. The van der Waals surface area contributed by atoms with Gasteiger partial charge in [-0.05, 0) is 42.7 Å². The molecule has 142 valence electrons. The van der Waals surface area contributed by atoms with Gasteiger partial charge in [0.2, 0.25) is 5.91 Å². The molecule has 2 aromatic carbocycles. The van der Waals surface area contributed by atoms with Gasteiger partial charge in [0, 0.05) is 18.0 Å². The van der Waals surface area contributed by atoms with Crippen LogP contribution in [0.4, 0.5) is 14.5 Å². The summed E-state index contributed by atoms with van der Waals surface area (Å²) in [4.78, 5) is 24.4. The Morgan fingerprint density at radius 3 is 2.19 bits per heavy atom. The van der Waals surface area contributed by atoms with Crippen molar-refractivity contribution < 1.29 is 18.4 Å². The number of hydrogen-bond donors (Lipinski definition) is 2. The number of carbonyl (C=O) groups excluding carboxylic acids is 2. The van der Waals surface area contributed by atoms with E-state index in [0.29, 0.717) is 6.54 Å². The summed E-state index contributed by atoms with van der Waals surface area (Å²) in [6.45, 7) is 0.388. The Hall–Kier alpha value is -2.76. The molecule has 2 amide bonds. The van der Waals surface area contributed by atoms with Crippen LogP contribution in [-0.2, 0) is 11.3 Å². The third kappa shape index (κ3) is 4.90. The van der Waals surface area contributed by atoms with Gasteiger partial charge in [-0.3, -0.25) is 9.59 Å². The molecule has 1 fully saturated rings. The van der Waals surface area contributed by atoms with E-state index in [9.17, 15) is 18.4 Å². The van der Waals surface area contributed by atoms with Crippen LogP contribution in [0.1, 0.15) is 48.0 Å². The number of anilines is 1. The number of nitrogens with one attached hydrogen (secondary N) is 2. The number of rotatable bonds is 5. The van der Waals surface area contributed by atoms with Crippen LogP contribution in [0.15, 0.2) is 42.5 Å². The lowest BCUT2D eigenvalue weighted by molar-refractivity contribution is -0.126. The van der Waals surface area contributed by atoms with Crippen LogP contribution in [0.3, 0.4) is 0 Å². The summed E-state index contributed by atoms with van der Waals surface area (Å²) in [5.74, 6) is -2.08. The normalized spacial score (nSPS) is 14.6. The van der Waals surface area contributed by atoms with Crippen molar-refractivity contribution in [3.05, 3.63) is 65.2 Å². The van der Waals surface area contributed by atoms with Gasteiger partial charge in [0.05, 0.1) is 0 Å². The van der Waals surface area contributed by atoms with Crippen molar-refractivity contribution in [2.75, 3.05) is 5.32 Å². The van der Waals surface area contributed by atoms with Crippen molar-refractivity contribution in [3.63, 3.8) is 0 Å². The maximum atomic E-state index is 13.6. The molecule has 1 saturated carbocycles. The van der Waals surface area contributed by atoms with Crippen LogP contribution in [0.5, 0.6) is 0 Å². The molecule has 0 aromatic heterocycles. The molecule has 27 heavy (non-hydrogen) atoms. The molecule has 0 heterocycles. The molecule has 2 N–H and O–H groups in total. The van der Waals surface area contributed by atoms with E-state index in [-0.39, 0.29) is 17.4 Å². The average Bonchev–Trinajstić information content (AvgIpc) is 2.70. The Labute approximate surface area is 157 Å². The Bertz CT molecular complexity index is 795. The van der Waals surface area contributed by atoms with E-state index in [0.717, 1.165) is 43.4 Å². The van der Waals surface area contributed by atoms with Gasteiger partial charge in [-0.1, -0.05) is 37.5 Å². The minimum Gasteiger partial charge on any atom is -0.352 e. The van der Waals surface area contributed by atoms with Crippen LogP contribution in [0, 0.1) is 17.6 Å². The summed E-state index contributed by atoms with van der Waals surface area (Å²) < 4.78 is 27.3. The highest BCUT2D eigenvalue weighted by Gasteiger charge is 2.20. The third-order valence-corrected chi connectivity index (χ3v) is 4.86. The maximum absolute atomic E-state index is 13.6. The summed E-state index contributed by atoms with van der Waals surface area (Å²) in [7, 11) is 0. The van der Waals surface area contributed by atoms with E-state index in [1.54, 1.807) is 24.3 Å². The molecule has 0 unspecified atom stereocenters. The van der Waals surface area contributed by atoms with Crippen molar-refractivity contribution in [1.82, 2.24) is 5.32 Å². The van der Waals surface area contributed by atoms with Crippen LogP contribution < -0.4 is 10.6 Å². The van der Waals surface area contributed by atoms with E-state index < -0.39 is 23.2 Å². The molecule has 4 nitrogen and oxygen atoms in total. The Morgan fingerprint density at radius 1 is 0.926 bits per heavy atom. The van der Waals surface area contributed by atoms with E-state index in [1.165, 1.54) is 12.5 Å². The highest BCUT2D eigenvalue weighted by molar-refractivity contribution is 6.04. The van der Waals surface area contributed by atoms with E-state index in [1.807, 2.05) is 0 Å². The van der Waals surface area contributed by atoms with Crippen LogP contribution in [0.25, 0.3) is 0 Å². The fourth-order valence-corrected chi connectivity index (χ4v) is 3.28. The van der Waals surface area contributed by atoms with Crippen LogP contribution in [0.2, 0.25) is 0 Å². The largest absolute Gasteiger partial charge is 0.352 e. The number of halogens is 2. The molecule has 1 aliphatic rings. The molecule has 3 rings (SSSR count). The minimum absolute atomic E-state index is 0.0755. The average molecular weight is 372 g/mol. The zero-order valence-corrected chi connectivity index (χ0v) is 14.9. The fraction of sp³-hybridized carbons (Fsp3) is 0.333. The van der Waals surface area contributed by atoms with Gasteiger partial charge < -0.3 is 10.6 Å². The van der Waals surface area contributed by atoms with Gasteiger partial charge >= 0.3 is 0 Å². The summed E-state index contributed by atoms with van der Waals surface area (Å²) in [5.41, 5.74) is 0.666. The Morgan fingerprint density at radius 2 is 1.56 bits per heavy atom. The molecular weight excluding hydrogens is 350 g/mol. The second-order valence-electron chi connectivity index (χ2n) is 6.80. The van der Waals surface area contributed by atoms with Crippen LogP contribution >= 0.6 is 0 Å². The number of amides is 2. The minimum atomic E-state index is -0.828. The third-order valence-electron chi connectivity index (χ3n) is 4.86. The monoisotopic (exact) mass is 372 g/mol. The number of para-hydroxylation sites is 1. The summed E-state index contributed by atoms with van der Waals surface area (Å²) in [6.07, 6.45) is 5.29. The second kappa shape index (κ2) is 8.75. The first kappa shape index (κ1) is 19.0. The smallest absolute Gasteiger partial charge is 0.255 e. The van der Waals surface area contributed by atoms with Gasteiger partial charge in [-0.2, -0.15) is 0 Å². The molecule has 0 atom stereocenters. The van der Waals surface area contributed by atoms with Gasteiger partial charge in [0.25, 0.3) is 5.91 Å². The summed E-state index contributed by atoms with van der Waals surface area (Å²) in [5, 5.41) is 5.18. The second-order valence-corrected chi connectivity index (χ2v) is 6.80. The number of carbonyl (C=O) groups is 2. The lowest BCUT2D eigenvalue weighted by atomic mass is 9.88. The molecule has 6 heteroatoms. The standard InChI is InChI=1S/C21H22F2N2O2/c22-17-7-4-8-18(23)19(17)25-21(27)16-11-9-14(10-12-16)13-24-20(26)15-5-2-1-3-6-15/h4,7-12,15H,1-3,5-6,13H2,(H,24,26)(H,25,27). The molecule has 0 radical (unpaired) electrons. The highest BCUT2D eigenvalue weighted by atomic mass is 19.1. The zero-order valence-electron chi connectivity index (χ0n) is 14.9. The Kier molecular flexibility index (Phi) is 6.16. The maximum Gasteiger partial charge on any atom is 0.255 e. The van der Waals surface area contributed by atoms with Gasteiger partial charge in [0.15, 0.2) is 0 Å². The Balaban J connectivity index is 1.56. The lowest BCUT2D eigenvalue weighted by Crippen LogP contribution is -2.31. The van der Waals surface area contributed by atoms with Crippen LogP contribution in [-0.4, -0.2) is 11.8 Å². The number of hydrogen-bond acceptors (Lipinski definition) is 2. The SMILES string of the molecule is O=C(Nc1c(F)cccc1F)c1ccc(CNC(=O)C2CCCCC2)cc1. The van der Waals surface area contributed by atoms with Crippen molar-refractivity contribution >= 4 is 17.5 Å². The first-order valence-corrected chi connectivity index (χ1v) is 9.16. The predicted molar refractivity (Wildman–Crippen MR) is 99.2 cm³/mol. The van der Waals surface area contributed by atoms with Gasteiger partial charge in [-0.25, -0.2) is 8.78 Å². The van der Waals surface area contributed by atoms with Gasteiger partial charge in [0.1, 0.15) is 17.3 Å². The topological polar surface area (TPSA) is 58.2 Å². The molecule has 0 bridgehead atoms. The molecule has 1 aliphatic carbocycles. The summed E-state index contributed by atoms with van der Waals surface area (Å²) in [6, 6.07) is 9.96. The predicted octanol–water partition coefficient (Wildman–Crippen LogP) is 4.41. The molecule has 0 spiro atoms. The highest BCUT2D eigenvalue weighted by Crippen LogP contribution is 2.23. The van der Waals surface area contributed by atoms with Crippen molar-refractivity contribution in [2.24, 2.45) is 5.92 Å². The molecular formula is C21H22F2N2O2. The van der Waals surface area contributed by atoms with Crippen molar-refractivity contribution in [3.8, 4) is 0 Å². The first-order valence-electron chi connectivity index (χ1n) is 9.16. The van der Waals surface area contributed by atoms with Gasteiger partial charge in [-0.15, -0.1) is 0 Å². The molecule has 0 saturated heterocycles. The fourth-order valence-electron chi connectivity index (χ4n) is 3.28. The molecule has 2 aromatic rings. The number of benzene rings is 2. The van der Waals surface area contributed by atoms with E-state index in [4.69, 9.17) is 0 Å². The molecule has 0 aliphatic heterocycles. The summed E-state index contributed by atoms with van der Waals surface area (Å²) >= 11 is 0. The quantitative estimate of drug-likeness (QED) is 0.817. The lowest BCUT2D eigenvalue weighted by Gasteiger charge is -2.20.